The summed E-state index contributed by atoms with van der Waals surface area (Å²) in [7, 11) is 1.54. The Labute approximate surface area is 172 Å². The van der Waals surface area contributed by atoms with Crippen molar-refractivity contribution >= 4 is 22.3 Å². The lowest BCUT2D eigenvalue weighted by Gasteiger charge is -2.13. The predicted molar refractivity (Wildman–Crippen MR) is 107 cm³/mol. The van der Waals surface area contributed by atoms with Crippen molar-refractivity contribution in [1.82, 2.24) is 19.3 Å². The number of benzene rings is 2. The van der Waals surface area contributed by atoms with Crippen LogP contribution in [0.25, 0.3) is 16.5 Å². The predicted octanol–water partition coefficient (Wildman–Crippen LogP) is 3.12. The van der Waals surface area contributed by atoms with E-state index in [0.29, 0.717) is 10.8 Å². The van der Waals surface area contributed by atoms with Gasteiger partial charge in [-0.15, -0.1) is 18.3 Å². The summed E-state index contributed by atoms with van der Waals surface area (Å²) in [5, 5.41) is 7.96. The van der Waals surface area contributed by atoms with Gasteiger partial charge in [0.1, 0.15) is 11.4 Å². The first-order chi connectivity index (χ1) is 14.7. The van der Waals surface area contributed by atoms with Crippen molar-refractivity contribution in [3.8, 4) is 11.4 Å². The maximum absolute atomic E-state index is 13.0. The number of nitrogens with one attached hydrogen (secondary N) is 1. The third-order valence-corrected chi connectivity index (χ3v) is 4.37. The van der Waals surface area contributed by atoms with Crippen molar-refractivity contribution in [3.05, 3.63) is 81.8 Å². The first kappa shape index (κ1) is 20.1. The quantitative estimate of drug-likeness (QED) is 0.536. The minimum absolute atomic E-state index is 0.141. The molecule has 2 heterocycles. The summed E-state index contributed by atoms with van der Waals surface area (Å²) in [5.74, 6) is -0.224. The topological polar surface area (TPSA) is 91.0 Å². The summed E-state index contributed by atoms with van der Waals surface area (Å²) in [6, 6.07) is 11.3. The van der Waals surface area contributed by atoms with Gasteiger partial charge < -0.3 is 14.6 Å². The summed E-state index contributed by atoms with van der Waals surface area (Å²) in [6.07, 6.45) is -2.14. The molecule has 0 saturated heterocycles. The van der Waals surface area contributed by atoms with Gasteiger partial charge in [-0.05, 0) is 30.3 Å². The van der Waals surface area contributed by atoms with Crippen LogP contribution in [0.3, 0.4) is 0 Å². The lowest BCUT2D eigenvalue weighted by molar-refractivity contribution is -0.274. The average molecular weight is 429 g/mol. The fraction of sp³-hybridized carbons (Fsp3) is 0.100. The molecule has 0 aliphatic carbocycles. The number of halogens is 3. The maximum Gasteiger partial charge on any atom is 0.573 e. The summed E-state index contributed by atoms with van der Waals surface area (Å²) < 4.78 is 43.3. The number of aromatic nitrogens is 4. The second-order valence-corrected chi connectivity index (χ2v) is 6.50. The Kier molecular flexibility index (Phi) is 4.93. The molecule has 2 aromatic carbocycles. The molecule has 0 spiro atoms. The number of alkyl halides is 3. The Hall–Kier alpha value is -4.15. The van der Waals surface area contributed by atoms with Gasteiger partial charge in [0.05, 0.1) is 23.6 Å². The SMILES string of the molecule is Cn1cncc(Nc2nn(-c3ccc(OC(F)(F)F)cc3)c(=O)c3ccccc23)c1=O. The van der Waals surface area contributed by atoms with Crippen LogP contribution >= 0.6 is 0 Å². The van der Waals surface area contributed by atoms with Gasteiger partial charge in [-0.25, -0.2) is 4.98 Å². The van der Waals surface area contributed by atoms with Crippen molar-refractivity contribution in [2.24, 2.45) is 7.05 Å². The number of fused-ring (bicyclic) bond motifs is 1. The average Bonchev–Trinajstić information content (AvgIpc) is 2.73. The smallest absolute Gasteiger partial charge is 0.406 e. The number of anilines is 2. The molecule has 8 nitrogen and oxygen atoms in total. The standard InChI is InChI=1S/C20H14F3N5O3/c1-27-11-24-10-16(19(27)30)25-17-14-4-2-3-5-15(14)18(29)28(26-17)12-6-8-13(9-7-12)31-20(21,22)23/h2-11H,1H3,(H,25,26). The molecule has 0 amide bonds. The highest BCUT2D eigenvalue weighted by molar-refractivity contribution is 5.92. The number of ether oxygens (including phenoxy) is 1. The molecule has 0 aliphatic heterocycles. The van der Waals surface area contributed by atoms with Crippen LogP contribution in [-0.4, -0.2) is 25.7 Å². The highest BCUT2D eigenvalue weighted by Crippen LogP contribution is 2.25. The third kappa shape index (κ3) is 4.10. The van der Waals surface area contributed by atoms with Crippen molar-refractivity contribution in [1.29, 1.82) is 0 Å². The minimum atomic E-state index is -4.83. The van der Waals surface area contributed by atoms with Gasteiger partial charge in [-0.3, -0.25) is 9.59 Å². The Morgan fingerprint density at radius 2 is 1.65 bits per heavy atom. The third-order valence-electron chi connectivity index (χ3n) is 4.37. The normalized spacial score (nSPS) is 11.5. The van der Waals surface area contributed by atoms with Gasteiger partial charge in [0.25, 0.3) is 11.1 Å². The number of rotatable bonds is 4. The fourth-order valence-corrected chi connectivity index (χ4v) is 2.96. The van der Waals surface area contributed by atoms with E-state index in [4.69, 9.17) is 0 Å². The van der Waals surface area contributed by atoms with E-state index >= 15 is 0 Å². The number of nitrogens with zero attached hydrogens (tertiary/aromatic N) is 4. The number of hydrogen-bond acceptors (Lipinski definition) is 6. The van der Waals surface area contributed by atoms with Crippen molar-refractivity contribution in [2.45, 2.75) is 6.36 Å². The van der Waals surface area contributed by atoms with E-state index in [9.17, 15) is 22.8 Å². The van der Waals surface area contributed by atoms with E-state index in [1.54, 1.807) is 24.3 Å². The zero-order valence-corrected chi connectivity index (χ0v) is 15.9. The molecule has 0 atom stereocenters. The zero-order valence-electron chi connectivity index (χ0n) is 15.9. The number of aryl methyl sites for hydroxylation is 1. The Morgan fingerprint density at radius 1 is 0.968 bits per heavy atom. The van der Waals surface area contributed by atoms with Crippen LogP contribution in [0.1, 0.15) is 0 Å². The molecule has 0 saturated carbocycles. The molecule has 11 heteroatoms. The molecule has 158 valence electrons. The fourth-order valence-electron chi connectivity index (χ4n) is 2.96. The van der Waals surface area contributed by atoms with Crippen molar-refractivity contribution in [2.75, 3.05) is 5.32 Å². The molecule has 0 radical (unpaired) electrons. The van der Waals surface area contributed by atoms with Crippen molar-refractivity contribution < 1.29 is 17.9 Å². The van der Waals surface area contributed by atoms with Crippen LogP contribution in [0.5, 0.6) is 5.75 Å². The molecule has 2 aromatic heterocycles. The van der Waals surface area contributed by atoms with Gasteiger partial charge >= 0.3 is 6.36 Å². The molecule has 0 fully saturated rings. The zero-order chi connectivity index (χ0) is 22.2. The van der Waals surface area contributed by atoms with Gasteiger partial charge in [0.15, 0.2) is 5.82 Å². The number of hydrogen-bond donors (Lipinski definition) is 1. The highest BCUT2D eigenvalue weighted by Gasteiger charge is 2.31. The van der Waals surface area contributed by atoms with Crippen molar-refractivity contribution in [3.63, 3.8) is 0 Å². The maximum atomic E-state index is 13.0. The molecule has 31 heavy (non-hydrogen) atoms. The Bertz CT molecular complexity index is 1380. The summed E-state index contributed by atoms with van der Waals surface area (Å²) in [5.41, 5.74) is -0.480. The molecule has 0 bridgehead atoms. The molecular formula is C20H14F3N5O3. The molecule has 0 aliphatic rings. The van der Waals surface area contributed by atoms with E-state index in [2.05, 4.69) is 20.1 Å². The van der Waals surface area contributed by atoms with Gasteiger partial charge in [-0.1, -0.05) is 18.2 Å². The summed E-state index contributed by atoms with van der Waals surface area (Å²) >= 11 is 0. The van der Waals surface area contributed by atoms with Crippen LogP contribution in [0.4, 0.5) is 24.7 Å². The highest BCUT2D eigenvalue weighted by atomic mass is 19.4. The van der Waals surface area contributed by atoms with Crippen LogP contribution in [-0.2, 0) is 7.05 Å². The van der Waals surface area contributed by atoms with Crippen LogP contribution < -0.4 is 21.2 Å². The second kappa shape index (κ2) is 7.59. The van der Waals surface area contributed by atoms with E-state index in [1.807, 2.05) is 0 Å². The Balaban J connectivity index is 1.83. The first-order valence-electron chi connectivity index (χ1n) is 8.89. The minimum Gasteiger partial charge on any atom is -0.406 e. The lowest BCUT2D eigenvalue weighted by atomic mass is 10.2. The van der Waals surface area contributed by atoms with E-state index in [0.717, 1.165) is 16.8 Å². The van der Waals surface area contributed by atoms with Gasteiger partial charge in [0, 0.05) is 12.4 Å². The largest absolute Gasteiger partial charge is 0.573 e. The first-order valence-corrected chi connectivity index (χ1v) is 8.89. The molecule has 1 N–H and O–H groups in total. The second-order valence-electron chi connectivity index (χ2n) is 6.50. The molecular weight excluding hydrogens is 415 g/mol. The Morgan fingerprint density at radius 3 is 2.32 bits per heavy atom. The summed E-state index contributed by atoms with van der Waals surface area (Å²) in [4.78, 5) is 29.2. The van der Waals surface area contributed by atoms with Gasteiger partial charge in [0.2, 0.25) is 0 Å². The lowest BCUT2D eigenvalue weighted by Crippen LogP contribution is -2.24. The molecule has 0 unspecified atom stereocenters. The molecule has 4 rings (SSSR count). The summed E-state index contributed by atoms with van der Waals surface area (Å²) in [6.45, 7) is 0. The van der Waals surface area contributed by atoms with E-state index in [-0.39, 0.29) is 22.8 Å². The van der Waals surface area contributed by atoms with E-state index in [1.165, 1.54) is 36.3 Å². The molecule has 4 aromatic rings. The van der Waals surface area contributed by atoms with E-state index < -0.39 is 17.7 Å². The van der Waals surface area contributed by atoms with Crippen LogP contribution in [0, 0.1) is 0 Å². The van der Waals surface area contributed by atoms with Gasteiger partial charge in [-0.2, -0.15) is 4.68 Å². The monoisotopic (exact) mass is 429 g/mol. The van der Waals surface area contributed by atoms with Crippen LogP contribution in [0.15, 0.2) is 70.6 Å². The van der Waals surface area contributed by atoms with Crippen LogP contribution in [0.2, 0.25) is 0 Å².